The van der Waals surface area contributed by atoms with E-state index in [1.165, 1.54) is 25.0 Å². The number of amides is 1. The molecular weight excluding hydrogens is 280 g/mol. The maximum Gasteiger partial charge on any atom is 0.245 e. The van der Waals surface area contributed by atoms with Gasteiger partial charge in [0.1, 0.15) is 6.04 Å². The zero-order chi connectivity index (χ0) is 15.1. The van der Waals surface area contributed by atoms with Crippen LogP contribution in [0.4, 0.5) is 0 Å². The Balaban J connectivity index is 1.80. The lowest BCUT2D eigenvalue weighted by Crippen LogP contribution is -2.35. The number of thioether (sulfide) groups is 1. The van der Waals surface area contributed by atoms with Crippen LogP contribution < -0.4 is 5.32 Å². The van der Waals surface area contributed by atoms with Gasteiger partial charge in [-0.2, -0.15) is 11.8 Å². The number of nitrogens with zero attached hydrogens (tertiary/aromatic N) is 1. The van der Waals surface area contributed by atoms with Gasteiger partial charge in [-0.3, -0.25) is 10.1 Å². The highest BCUT2D eigenvalue weighted by molar-refractivity contribution is 7.98. The second-order valence-electron chi connectivity index (χ2n) is 5.62. The third-order valence-electron chi connectivity index (χ3n) is 4.04. The van der Waals surface area contributed by atoms with Gasteiger partial charge in [0.05, 0.1) is 6.17 Å². The molecule has 2 atom stereocenters. The van der Waals surface area contributed by atoms with E-state index in [1.54, 1.807) is 0 Å². The van der Waals surface area contributed by atoms with Crippen molar-refractivity contribution in [3.05, 3.63) is 35.9 Å². The zero-order valence-corrected chi connectivity index (χ0v) is 13.9. The number of nitrogens with one attached hydrogen (secondary N) is 1. The maximum absolute atomic E-state index is 12.5. The highest BCUT2D eigenvalue weighted by Crippen LogP contribution is 2.24. The molecule has 1 N–H and O–H groups in total. The molecule has 0 aliphatic carbocycles. The minimum absolute atomic E-state index is 0.133. The van der Waals surface area contributed by atoms with Crippen molar-refractivity contribution in [3.63, 3.8) is 0 Å². The summed E-state index contributed by atoms with van der Waals surface area (Å²) in [5, 5.41) is 3.40. The van der Waals surface area contributed by atoms with Crippen LogP contribution in [0.1, 0.15) is 44.2 Å². The van der Waals surface area contributed by atoms with Gasteiger partial charge in [0.2, 0.25) is 5.91 Å². The zero-order valence-electron chi connectivity index (χ0n) is 13.0. The molecule has 1 aliphatic heterocycles. The number of benzene rings is 1. The molecule has 1 heterocycles. The smallest absolute Gasteiger partial charge is 0.245 e. The van der Waals surface area contributed by atoms with Gasteiger partial charge in [-0.15, -0.1) is 0 Å². The molecule has 0 radical (unpaired) electrons. The van der Waals surface area contributed by atoms with Crippen molar-refractivity contribution < 1.29 is 4.79 Å². The fraction of sp³-hybridized carbons (Fsp3) is 0.588. The molecule has 0 saturated carbocycles. The molecule has 2 unspecified atom stereocenters. The Hall–Kier alpha value is -1.00. The average Bonchev–Trinajstić information content (AvgIpc) is 2.79. The van der Waals surface area contributed by atoms with E-state index in [-0.39, 0.29) is 18.1 Å². The second kappa shape index (κ2) is 8.44. The lowest BCUT2D eigenvalue weighted by Gasteiger charge is -2.20. The van der Waals surface area contributed by atoms with Crippen molar-refractivity contribution in [2.45, 2.75) is 44.8 Å². The molecule has 0 aromatic heterocycles. The number of unbranched alkanes of at least 4 members (excludes halogenated alkanes) is 3. The van der Waals surface area contributed by atoms with Gasteiger partial charge in [-0.05, 0) is 37.3 Å². The van der Waals surface area contributed by atoms with Gasteiger partial charge in [0.25, 0.3) is 0 Å². The number of carbonyl (C=O) groups excluding carboxylic acids is 1. The van der Waals surface area contributed by atoms with Crippen molar-refractivity contribution in [1.29, 1.82) is 0 Å². The molecular formula is C17H26N2OS. The van der Waals surface area contributed by atoms with Gasteiger partial charge in [-0.1, -0.05) is 43.2 Å². The lowest BCUT2D eigenvalue weighted by molar-refractivity contribution is -0.130. The minimum Gasteiger partial charge on any atom is -0.326 e. The summed E-state index contributed by atoms with van der Waals surface area (Å²) >= 11 is 1.91. The molecule has 0 bridgehead atoms. The summed E-state index contributed by atoms with van der Waals surface area (Å²) in [5.74, 6) is 1.47. The normalized spacial score (nSPS) is 22.0. The molecule has 1 aliphatic rings. The molecule has 0 spiro atoms. The van der Waals surface area contributed by atoms with E-state index in [4.69, 9.17) is 0 Å². The van der Waals surface area contributed by atoms with Crippen molar-refractivity contribution in [3.8, 4) is 0 Å². The summed E-state index contributed by atoms with van der Waals surface area (Å²) in [4.78, 5) is 14.5. The van der Waals surface area contributed by atoms with Crippen LogP contribution >= 0.6 is 11.8 Å². The van der Waals surface area contributed by atoms with E-state index < -0.39 is 0 Å². The fourth-order valence-electron chi connectivity index (χ4n) is 2.83. The molecule has 21 heavy (non-hydrogen) atoms. The van der Waals surface area contributed by atoms with E-state index in [1.807, 2.05) is 47.0 Å². The first kappa shape index (κ1) is 16.4. The predicted octanol–water partition coefficient (Wildman–Crippen LogP) is 3.43. The predicted molar refractivity (Wildman–Crippen MR) is 90.3 cm³/mol. The Kier molecular flexibility index (Phi) is 6.58. The van der Waals surface area contributed by atoms with Crippen LogP contribution in [-0.4, -0.2) is 35.5 Å². The second-order valence-corrected chi connectivity index (χ2v) is 6.61. The van der Waals surface area contributed by atoms with Gasteiger partial charge in [0.15, 0.2) is 0 Å². The summed E-state index contributed by atoms with van der Waals surface area (Å²) in [6.45, 7) is 2.95. The summed E-state index contributed by atoms with van der Waals surface area (Å²) in [7, 11) is 0. The summed E-state index contributed by atoms with van der Waals surface area (Å²) in [5.41, 5.74) is 1.07. The third kappa shape index (κ3) is 4.48. The van der Waals surface area contributed by atoms with Crippen LogP contribution in [0.2, 0.25) is 0 Å². The quantitative estimate of drug-likeness (QED) is 0.747. The number of hydrogen-bond donors (Lipinski definition) is 1. The number of hydrogen-bond acceptors (Lipinski definition) is 3. The molecule has 116 valence electrons. The first-order valence-corrected chi connectivity index (χ1v) is 9.24. The topological polar surface area (TPSA) is 32.3 Å². The van der Waals surface area contributed by atoms with Gasteiger partial charge >= 0.3 is 0 Å². The average molecular weight is 306 g/mol. The van der Waals surface area contributed by atoms with Crippen molar-refractivity contribution in [1.82, 2.24) is 10.2 Å². The van der Waals surface area contributed by atoms with Crippen LogP contribution in [0.15, 0.2) is 30.3 Å². The van der Waals surface area contributed by atoms with Crippen LogP contribution in [0.25, 0.3) is 0 Å². The van der Waals surface area contributed by atoms with E-state index >= 15 is 0 Å². The SMILES string of the molecule is CSCCCCCCN1C(=O)C(c2ccccc2)NC1C. The van der Waals surface area contributed by atoms with Gasteiger partial charge < -0.3 is 4.90 Å². The van der Waals surface area contributed by atoms with Crippen molar-refractivity contribution in [2.24, 2.45) is 0 Å². The summed E-state index contributed by atoms with van der Waals surface area (Å²) in [6, 6.07) is 9.84. The standard InChI is InChI=1S/C17H26N2OS/c1-14-18-16(15-10-6-5-7-11-15)17(20)19(14)12-8-3-4-9-13-21-2/h5-7,10-11,14,16,18H,3-4,8-9,12-13H2,1-2H3. The molecule has 4 heteroatoms. The largest absolute Gasteiger partial charge is 0.326 e. The van der Waals surface area contributed by atoms with E-state index in [2.05, 4.69) is 18.5 Å². The summed E-state index contributed by atoms with van der Waals surface area (Å²) < 4.78 is 0. The van der Waals surface area contributed by atoms with E-state index in [9.17, 15) is 4.79 Å². The van der Waals surface area contributed by atoms with E-state index in [0.29, 0.717) is 0 Å². The van der Waals surface area contributed by atoms with Gasteiger partial charge in [-0.25, -0.2) is 0 Å². The fourth-order valence-corrected chi connectivity index (χ4v) is 3.32. The highest BCUT2D eigenvalue weighted by atomic mass is 32.2. The molecule has 1 saturated heterocycles. The molecule has 1 fully saturated rings. The number of rotatable bonds is 8. The molecule has 1 amide bonds. The van der Waals surface area contributed by atoms with Crippen molar-refractivity contribution in [2.75, 3.05) is 18.6 Å². The molecule has 1 aromatic carbocycles. The Labute approximate surface area is 132 Å². The molecule has 3 nitrogen and oxygen atoms in total. The van der Waals surface area contributed by atoms with Crippen LogP contribution in [0.5, 0.6) is 0 Å². The van der Waals surface area contributed by atoms with Crippen LogP contribution in [0, 0.1) is 0 Å². The first-order valence-electron chi connectivity index (χ1n) is 7.84. The number of carbonyl (C=O) groups is 1. The Morgan fingerprint density at radius 2 is 1.86 bits per heavy atom. The minimum atomic E-state index is -0.169. The third-order valence-corrected chi connectivity index (χ3v) is 4.73. The van der Waals surface area contributed by atoms with E-state index in [0.717, 1.165) is 18.5 Å². The Bertz CT molecular complexity index is 438. The summed E-state index contributed by atoms with van der Waals surface area (Å²) in [6.07, 6.45) is 7.16. The van der Waals surface area contributed by atoms with Crippen LogP contribution in [0.3, 0.4) is 0 Å². The first-order chi connectivity index (χ1) is 10.2. The van der Waals surface area contributed by atoms with Gasteiger partial charge in [0, 0.05) is 6.54 Å². The van der Waals surface area contributed by atoms with Crippen molar-refractivity contribution >= 4 is 17.7 Å². The lowest BCUT2D eigenvalue weighted by atomic mass is 10.1. The molecule has 2 rings (SSSR count). The van der Waals surface area contributed by atoms with Crippen LogP contribution in [-0.2, 0) is 4.79 Å². The maximum atomic E-state index is 12.5. The highest BCUT2D eigenvalue weighted by Gasteiger charge is 2.36. The molecule has 1 aromatic rings. The Morgan fingerprint density at radius 1 is 1.14 bits per heavy atom. The Morgan fingerprint density at radius 3 is 2.57 bits per heavy atom. The monoisotopic (exact) mass is 306 g/mol.